The van der Waals surface area contributed by atoms with Gasteiger partial charge in [-0.1, -0.05) is 30.4 Å². The van der Waals surface area contributed by atoms with Gasteiger partial charge in [0.2, 0.25) is 11.8 Å². The lowest BCUT2D eigenvalue weighted by molar-refractivity contribution is -0.137. The summed E-state index contributed by atoms with van der Waals surface area (Å²) in [6.07, 6.45) is 16.0. The smallest absolute Gasteiger partial charge is 0.295 e. The second-order valence-electron chi connectivity index (χ2n) is 8.26. The molecule has 0 unspecified atom stereocenters. The fourth-order valence-corrected chi connectivity index (χ4v) is 4.36. The fourth-order valence-electron chi connectivity index (χ4n) is 4.36. The molecule has 5 rings (SSSR count). The van der Waals surface area contributed by atoms with E-state index in [1.807, 2.05) is 37.3 Å². The molecule has 1 aliphatic heterocycles. The molecule has 0 radical (unpaired) electrons. The number of oxazole rings is 1. The second kappa shape index (κ2) is 8.93. The van der Waals surface area contributed by atoms with Crippen molar-refractivity contribution in [3.8, 4) is 11.5 Å². The number of aromatic nitrogens is 3. The Morgan fingerprint density at radius 2 is 2.00 bits per heavy atom. The Morgan fingerprint density at radius 3 is 2.79 bits per heavy atom. The van der Waals surface area contributed by atoms with Crippen LogP contribution < -0.4 is 0 Å². The molecule has 1 fully saturated rings. The third-order valence-electron chi connectivity index (χ3n) is 6.11. The van der Waals surface area contributed by atoms with Crippen LogP contribution in [0.25, 0.3) is 22.5 Å². The van der Waals surface area contributed by atoms with E-state index in [1.54, 1.807) is 17.2 Å². The number of carbonyl (C=O) groups excluding carboxylic acids is 3. The molecule has 0 spiro atoms. The van der Waals surface area contributed by atoms with Crippen molar-refractivity contribution in [1.82, 2.24) is 24.8 Å². The largest absolute Gasteiger partial charge is 0.444 e. The Bertz CT molecular complexity index is 1350. The molecule has 3 aromatic heterocycles. The van der Waals surface area contributed by atoms with Gasteiger partial charge >= 0.3 is 0 Å². The highest BCUT2D eigenvalue weighted by Gasteiger charge is 2.34. The van der Waals surface area contributed by atoms with Crippen molar-refractivity contribution in [2.24, 2.45) is 0 Å². The van der Waals surface area contributed by atoms with Crippen LogP contribution in [0, 0.1) is 0 Å². The van der Waals surface area contributed by atoms with Crippen LogP contribution in [0.1, 0.15) is 23.7 Å². The molecule has 1 atom stereocenters. The van der Waals surface area contributed by atoms with Crippen LogP contribution in [-0.4, -0.2) is 68.0 Å². The van der Waals surface area contributed by atoms with Crippen molar-refractivity contribution in [1.29, 1.82) is 0 Å². The van der Waals surface area contributed by atoms with E-state index in [-0.39, 0.29) is 30.6 Å². The first-order valence-corrected chi connectivity index (χ1v) is 11.1. The highest BCUT2D eigenvalue weighted by atomic mass is 16.3. The van der Waals surface area contributed by atoms with E-state index < -0.39 is 11.7 Å². The summed E-state index contributed by atoms with van der Waals surface area (Å²) in [6.45, 7) is 2.83. The maximum Gasteiger partial charge on any atom is 0.295 e. The summed E-state index contributed by atoms with van der Waals surface area (Å²) in [5.74, 6) is -0.897. The van der Waals surface area contributed by atoms with E-state index in [2.05, 4.69) is 15.0 Å². The number of amides is 2. The number of H-pyrrole nitrogens is 1. The van der Waals surface area contributed by atoms with E-state index in [4.69, 9.17) is 4.42 Å². The van der Waals surface area contributed by atoms with Crippen molar-refractivity contribution in [2.75, 3.05) is 19.6 Å². The zero-order valence-corrected chi connectivity index (χ0v) is 18.6. The van der Waals surface area contributed by atoms with Crippen LogP contribution in [0.5, 0.6) is 0 Å². The SMILES string of the molecule is C[C@@H]1CN(C(=O)C(=O)c2c[nH]c3c(-c4ncco4)ccnc23)CCN1C(=O)C1=CC=CC=CC1. The van der Waals surface area contributed by atoms with Crippen molar-refractivity contribution < 1.29 is 18.8 Å². The van der Waals surface area contributed by atoms with Gasteiger partial charge in [-0.25, -0.2) is 4.98 Å². The molecule has 172 valence electrons. The number of ketones is 1. The summed E-state index contributed by atoms with van der Waals surface area (Å²) < 4.78 is 5.37. The third kappa shape index (κ3) is 3.85. The maximum atomic E-state index is 13.1. The number of carbonyl (C=O) groups is 3. The lowest BCUT2D eigenvalue weighted by Gasteiger charge is -2.40. The summed E-state index contributed by atoms with van der Waals surface area (Å²) in [5.41, 5.74) is 2.52. The number of fused-ring (bicyclic) bond motifs is 1. The summed E-state index contributed by atoms with van der Waals surface area (Å²) in [6, 6.07) is 1.52. The fraction of sp³-hybridized carbons (Fsp3) is 0.240. The maximum absolute atomic E-state index is 13.1. The van der Waals surface area contributed by atoms with Gasteiger partial charge in [0.1, 0.15) is 11.8 Å². The van der Waals surface area contributed by atoms with Crippen molar-refractivity contribution >= 4 is 28.6 Å². The van der Waals surface area contributed by atoms with Gasteiger partial charge in [0, 0.05) is 43.6 Å². The number of rotatable bonds is 4. The molecular formula is C25H23N5O4. The average molecular weight is 457 g/mol. The summed E-state index contributed by atoms with van der Waals surface area (Å²) >= 11 is 0. The minimum atomic E-state index is -0.642. The van der Waals surface area contributed by atoms with Gasteiger partial charge in [0.25, 0.3) is 11.7 Å². The molecule has 4 heterocycles. The molecule has 2 amide bonds. The molecule has 34 heavy (non-hydrogen) atoms. The minimum Gasteiger partial charge on any atom is -0.444 e. The topological polar surface area (TPSA) is 112 Å². The number of allylic oxidation sites excluding steroid dienone is 5. The first-order chi connectivity index (χ1) is 16.5. The molecule has 0 saturated carbocycles. The molecule has 3 aromatic rings. The quantitative estimate of drug-likeness (QED) is 0.476. The second-order valence-corrected chi connectivity index (χ2v) is 8.26. The minimum absolute atomic E-state index is 0.0398. The van der Waals surface area contributed by atoms with E-state index in [0.29, 0.717) is 41.0 Å². The molecule has 0 aromatic carbocycles. The first kappa shape index (κ1) is 21.6. The van der Waals surface area contributed by atoms with Gasteiger partial charge in [-0.15, -0.1) is 0 Å². The standard InChI is InChI=1S/C25H23N5O4/c1-16-15-29(11-12-30(16)24(32)17-6-4-2-3-5-7-17)25(33)22(31)19-14-28-20-18(8-9-26-21(19)20)23-27-10-13-34-23/h2-6,8-10,13-14,16,28H,7,11-12,15H2,1H3/t16-/m1/s1. The number of nitrogens with zero attached hydrogens (tertiary/aromatic N) is 4. The van der Waals surface area contributed by atoms with Crippen molar-refractivity contribution in [3.05, 3.63) is 72.4 Å². The highest BCUT2D eigenvalue weighted by Crippen LogP contribution is 2.28. The molecule has 2 aliphatic rings. The van der Waals surface area contributed by atoms with E-state index in [1.165, 1.54) is 23.6 Å². The third-order valence-corrected chi connectivity index (χ3v) is 6.11. The van der Waals surface area contributed by atoms with Gasteiger partial charge in [-0.05, 0) is 19.4 Å². The Kier molecular flexibility index (Phi) is 5.67. The average Bonchev–Trinajstić information content (AvgIpc) is 3.46. The van der Waals surface area contributed by atoms with Gasteiger partial charge in [-0.2, -0.15) is 0 Å². The molecule has 9 nitrogen and oxygen atoms in total. The van der Waals surface area contributed by atoms with Crippen molar-refractivity contribution in [3.63, 3.8) is 0 Å². The lowest BCUT2D eigenvalue weighted by atomic mass is 10.1. The number of piperazine rings is 1. The van der Waals surface area contributed by atoms with Crippen molar-refractivity contribution in [2.45, 2.75) is 19.4 Å². The zero-order chi connectivity index (χ0) is 23.7. The summed E-state index contributed by atoms with van der Waals surface area (Å²) in [4.78, 5) is 54.0. The van der Waals surface area contributed by atoms with Crippen LogP contribution in [0.2, 0.25) is 0 Å². The Balaban J connectivity index is 1.32. The van der Waals surface area contributed by atoms with E-state index in [9.17, 15) is 14.4 Å². The Hall–Kier alpha value is -4.27. The van der Waals surface area contributed by atoms with Crippen LogP contribution in [-0.2, 0) is 9.59 Å². The zero-order valence-electron chi connectivity index (χ0n) is 18.6. The van der Waals surface area contributed by atoms with Gasteiger partial charge in [0.15, 0.2) is 0 Å². The predicted octanol–water partition coefficient (Wildman–Crippen LogP) is 2.90. The molecular weight excluding hydrogens is 434 g/mol. The molecule has 1 aliphatic carbocycles. The number of hydrogen-bond acceptors (Lipinski definition) is 6. The van der Waals surface area contributed by atoms with Crippen LogP contribution in [0.15, 0.2) is 71.3 Å². The number of pyridine rings is 1. The van der Waals surface area contributed by atoms with Gasteiger partial charge in [-0.3, -0.25) is 19.4 Å². The van der Waals surface area contributed by atoms with Crippen LogP contribution >= 0.6 is 0 Å². The Morgan fingerprint density at radius 1 is 1.12 bits per heavy atom. The van der Waals surface area contributed by atoms with Gasteiger partial charge in [0.05, 0.1) is 22.8 Å². The molecule has 0 bridgehead atoms. The number of hydrogen-bond donors (Lipinski definition) is 1. The molecule has 1 saturated heterocycles. The highest BCUT2D eigenvalue weighted by molar-refractivity contribution is 6.44. The summed E-state index contributed by atoms with van der Waals surface area (Å²) in [7, 11) is 0. The van der Waals surface area contributed by atoms with Crippen LogP contribution in [0.3, 0.4) is 0 Å². The lowest BCUT2D eigenvalue weighted by Crippen LogP contribution is -2.56. The Labute approximate surface area is 195 Å². The van der Waals surface area contributed by atoms with Gasteiger partial charge < -0.3 is 19.2 Å². The molecule has 1 N–H and O–H groups in total. The monoisotopic (exact) mass is 457 g/mol. The van der Waals surface area contributed by atoms with Crippen LogP contribution in [0.4, 0.5) is 0 Å². The predicted molar refractivity (Wildman–Crippen MR) is 125 cm³/mol. The first-order valence-electron chi connectivity index (χ1n) is 11.1. The number of nitrogens with one attached hydrogen (secondary N) is 1. The number of Topliss-reactive ketones (excluding diaryl/α,β-unsaturated/α-hetero) is 1. The summed E-state index contributed by atoms with van der Waals surface area (Å²) in [5, 5.41) is 0. The number of aromatic amines is 1. The van der Waals surface area contributed by atoms with E-state index in [0.717, 1.165) is 0 Å². The molecule has 9 heteroatoms. The van der Waals surface area contributed by atoms with E-state index >= 15 is 0 Å². The normalized spacial score (nSPS) is 18.1.